The van der Waals surface area contributed by atoms with Gasteiger partial charge in [-0.25, -0.2) is 0 Å². The molecule has 0 radical (unpaired) electrons. The number of carbonyl (C=O) groups is 3. The Bertz CT molecular complexity index is 300. The van der Waals surface area contributed by atoms with Crippen LogP contribution < -0.4 is 0 Å². The van der Waals surface area contributed by atoms with Crippen molar-refractivity contribution in [3.63, 3.8) is 0 Å². The molecular weight excluding hydrogens is 268 g/mol. The van der Waals surface area contributed by atoms with Crippen LogP contribution in [-0.2, 0) is 23.9 Å². The van der Waals surface area contributed by atoms with Crippen LogP contribution in [0.4, 0.5) is 0 Å². The van der Waals surface area contributed by atoms with E-state index in [1.165, 1.54) is 20.8 Å². The van der Waals surface area contributed by atoms with Gasteiger partial charge in [-0.2, -0.15) is 0 Å². The first-order valence-corrected chi connectivity index (χ1v) is 5.29. The molecule has 84 valence electrons. The van der Waals surface area contributed by atoms with E-state index in [0.717, 1.165) is 0 Å². The number of hydrogen-bond donors (Lipinski definition) is 0. The first-order chi connectivity index (χ1) is 6.74. The highest BCUT2D eigenvalue weighted by molar-refractivity contribution is 9.10. The Morgan fingerprint density at radius 3 is 2.07 bits per heavy atom. The lowest BCUT2D eigenvalue weighted by molar-refractivity contribution is -0.238. The first kappa shape index (κ1) is 12.2. The topological polar surface area (TPSA) is 69.7 Å². The number of cyclic esters (lactones) is 2. The van der Waals surface area contributed by atoms with Gasteiger partial charge in [0, 0.05) is 13.8 Å². The summed E-state index contributed by atoms with van der Waals surface area (Å²) in [5.74, 6) is -5.02. The minimum absolute atomic E-state index is 0.555. The van der Waals surface area contributed by atoms with Gasteiger partial charge in [0.1, 0.15) is 0 Å². The minimum Gasteiger partial charge on any atom is -0.422 e. The van der Waals surface area contributed by atoms with Crippen LogP contribution in [0, 0.1) is 5.92 Å². The van der Waals surface area contributed by atoms with Gasteiger partial charge in [-0.05, 0) is 6.92 Å². The SMILES string of the molecule is CC(Br)C(=O)C1C(=O)OC(C)(C)OC1=O. The monoisotopic (exact) mass is 278 g/mol. The number of alkyl halides is 1. The molecule has 0 aromatic rings. The van der Waals surface area contributed by atoms with Crippen LogP contribution in [-0.4, -0.2) is 28.3 Å². The van der Waals surface area contributed by atoms with Gasteiger partial charge in [-0.15, -0.1) is 0 Å². The Balaban J connectivity index is 2.89. The standard InChI is InChI=1S/C9H11BrO5/c1-4(10)6(11)5-7(12)14-9(2,3)15-8(5)13/h4-5H,1-3H3. The number of carbonyl (C=O) groups excluding carboxylic acids is 3. The number of hydrogen-bond acceptors (Lipinski definition) is 5. The molecule has 5 nitrogen and oxygen atoms in total. The molecule has 1 aliphatic heterocycles. The molecule has 0 aliphatic carbocycles. The molecular formula is C9H11BrO5. The van der Waals surface area contributed by atoms with Crippen LogP contribution in [0.5, 0.6) is 0 Å². The molecule has 1 aliphatic rings. The zero-order valence-corrected chi connectivity index (χ0v) is 10.2. The van der Waals surface area contributed by atoms with Crippen LogP contribution in [0.1, 0.15) is 20.8 Å². The van der Waals surface area contributed by atoms with Gasteiger partial charge in [0.25, 0.3) is 5.79 Å². The number of ketones is 1. The van der Waals surface area contributed by atoms with Crippen molar-refractivity contribution >= 4 is 33.7 Å². The van der Waals surface area contributed by atoms with Crippen molar-refractivity contribution in [2.24, 2.45) is 5.92 Å². The summed E-state index contributed by atoms with van der Waals surface area (Å²) >= 11 is 2.99. The number of ether oxygens (including phenoxy) is 2. The fourth-order valence-corrected chi connectivity index (χ4v) is 1.45. The zero-order valence-electron chi connectivity index (χ0n) is 8.57. The van der Waals surface area contributed by atoms with E-state index < -0.39 is 34.3 Å². The van der Waals surface area contributed by atoms with E-state index in [0.29, 0.717) is 0 Å². The maximum absolute atomic E-state index is 11.5. The third kappa shape index (κ3) is 2.56. The van der Waals surface area contributed by atoms with Crippen molar-refractivity contribution < 1.29 is 23.9 Å². The van der Waals surface area contributed by atoms with E-state index in [1.807, 2.05) is 0 Å². The van der Waals surface area contributed by atoms with E-state index in [-0.39, 0.29) is 0 Å². The highest BCUT2D eigenvalue weighted by Crippen LogP contribution is 2.25. The van der Waals surface area contributed by atoms with Crippen molar-refractivity contribution in [2.75, 3.05) is 0 Å². The fourth-order valence-electron chi connectivity index (χ4n) is 1.18. The second kappa shape index (κ2) is 3.92. The molecule has 15 heavy (non-hydrogen) atoms. The Labute approximate surface area is 95.2 Å². The zero-order chi connectivity index (χ0) is 11.8. The normalized spacial score (nSPS) is 22.9. The molecule has 1 rings (SSSR count). The second-order valence-electron chi connectivity index (χ2n) is 3.69. The van der Waals surface area contributed by atoms with Crippen LogP contribution in [0.15, 0.2) is 0 Å². The quantitative estimate of drug-likeness (QED) is 0.424. The summed E-state index contributed by atoms with van der Waals surface area (Å²) in [6.07, 6.45) is 0. The molecule has 0 saturated carbocycles. The lowest BCUT2D eigenvalue weighted by Crippen LogP contribution is -2.50. The van der Waals surface area contributed by atoms with E-state index in [9.17, 15) is 14.4 Å². The molecule has 1 saturated heterocycles. The number of rotatable bonds is 2. The van der Waals surface area contributed by atoms with E-state index in [4.69, 9.17) is 9.47 Å². The summed E-state index contributed by atoms with van der Waals surface area (Å²) in [5, 5.41) is 0. The van der Waals surface area contributed by atoms with Gasteiger partial charge in [-0.3, -0.25) is 14.4 Å². The molecule has 1 atom stereocenters. The summed E-state index contributed by atoms with van der Waals surface area (Å²) < 4.78 is 9.61. The summed E-state index contributed by atoms with van der Waals surface area (Å²) in [7, 11) is 0. The minimum atomic E-state index is -1.47. The molecule has 6 heteroatoms. The van der Waals surface area contributed by atoms with E-state index >= 15 is 0 Å². The fraction of sp³-hybridized carbons (Fsp3) is 0.667. The van der Waals surface area contributed by atoms with Crippen LogP contribution in [0.3, 0.4) is 0 Å². The Morgan fingerprint density at radius 2 is 1.73 bits per heavy atom. The van der Waals surface area contributed by atoms with Crippen molar-refractivity contribution in [1.29, 1.82) is 0 Å². The lowest BCUT2D eigenvalue weighted by atomic mass is 10.0. The predicted molar refractivity (Wildman–Crippen MR) is 53.1 cm³/mol. The smallest absolute Gasteiger partial charge is 0.331 e. The molecule has 1 fully saturated rings. The summed E-state index contributed by atoms with van der Waals surface area (Å²) in [5.41, 5.74) is 0. The van der Waals surface area contributed by atoms with Crippen molar-refractivity contribution in [3.05, 3.63) is 0 Å². The third-order valence-corrected chi connectivity index (χ3v) is 2.29. The van der Waals surface area contributed by atoms with Crippen molar-refractivity contribution in [1.82, 2.24) is 0 Å². The van der Waals surface area contributed by atoms with Gasteiger partial charge in [0.05, 0.1) is 4.83 Å². The van der Waals surface area contributed by atoms with E-state index in [1.54, 1.807) is 0 Å². The van der Waals surface area contributed by atoms with Gasteiger partial charge in [0.2, 0.25) is 5.92 Å². The van der Waals surface area contributed by atoms with Crippen LogP contribution in [0.25, 0.3) is 0 Å². The molecule has 0 spiro atoms. The Morgan fingerprint density at radius 1 is 1.33 bits per heavy atom. The maximum atomic E-state index is 11.5. The summed E-state index contributed by atoms with van der Waals surface area (Å²) in [6.45, 7) is 4.39. The van der Waals surface area contributed by atoms with Gasteiger partial charge in [-0.1, -0.05) is 15.9 Å². The molecule has 0 amide bonds. The molecule has 0 aromatic heterocycles. The average Bonchev–Trinajstić information content (AvgIpc) is 1.99. The number of esters is 2. The van der Waals surface area contributed by atoms with Crippen molar-refractivity contribution in [3.8, 4) is 0 Å². The van der Waals surface area contributed by atoms with Crippen molar-refractivity contribution in [2.45, 2.75) is 31.4 Å². The lowest BCUT2D eigenvalue weighted by Gasteiger charge is -2.32. The van der Waals surface area contributed by atoms with Gasteiger partial charge >= 0.3 is 11.9 Å². The molecule has 0 N–H and O–H groups in total. The summed E-state index contributed by atoms with van der Waals surface area (Å²) in [4.78, 5) is 33.7. The average molecular weight is 279 g/mol. The third-order valence-electron chi connectivity index (χ3n) is 1.84. The number of Topliss-reactive ketones (excluding diaryl/α,β-unsaturated/α-hetero) is 1. The van der Waals surface area contributed by atoms with Gasteiger partial charge < -0.3 is 9.47 Å². The second-order valence-corrected chi connectivity index (χ2v) is 5.07. The highest BCUT2D eigenvalue weighted by Gasteiger charge is 2.47. The summed E-state index contributed by atoms with van der Waals surface area (Å²) in [6, 6.07) is 0. The number of halogens is 1. The van der Waals surface area contributed by atoms with Crippen LogP contribution >= 0.6 is 15.9 Å². The Hall–Kier alpha value is -0.910. The first-order valence-electron chi connectivity index (χ1n) is 4.38. The molecule has 0 bridgehead atoms. The molecule has 1 unspecified atom stereocenters. The predicted octanol–water partition coefficient (Wildman–Crippen LogP) is 0.791. The van der Waals surface area contributed by atoms with Gasteiger partial charge in [0.15, 0.2) is 5.78 Å². The highest BCUT2D eigenvalue weighted by atomic mass is 79.9. The van der Waals surface area contributed by atoms with E-state index in [2.05, 4.69) is 15.9 Å². The molecule has 1 heterocycles. The maximum Gasteiger partial charge on any atom is 0.331 e. The largest absolute Gasteiger partial charge is 0.422 e. The Kier molecular flexibility index (Phi) is 3.18. The van der Waals surface area contributed by atoms with Crippen LogP contribution in [0.2, 0.25) is 0 Å². The molecule has 0 aromatic carbocycles.